The summed E-state index contributed by atoms with van der Waals surface area (Å²) >= 11 is 3.32. The van der Waals surface area contributed by atoms with Crippen LogP contribution in [0.1, 0.15) is 40.5 Å². The van der Waals surface area contributed by atoms with Gasteiger partial charge in [0.05, 0.1) is 10.6 Å². The highest BCUT2D eigenvalue weighted by atomic mass is 79.9. The van der Waals surface area contributed by atoms with Gasteiger partial charge in [-0.05, 0) is 56.5 Å². The average Bonchev–Trinajstić information content (AvgIpc) is 2.39. The fourth-order valence-electron chi connectivity index (χ4n) is 2.89. The third kappa shape index (κ3) is 4.32. The molecule has 0 radical (unpaired) electrons. The van der Waals surface area contributed by atoms with Crippen molar-refractivity contribution >= 4 is 28.0 Å². The van der Waals surface area contributed by atoms with Crippen LogP contribution in [0.2, 0.25) is 0 Å². The molecule has 7 heteroatoms. The first-order valence-corrected chi connectivity index (χ1v) is 8.39. The van der Waals surface area contributed by atoms with Gasteiger partial charge < -0.3 is 15.0 Å². The molecule has 1 aromatic rings. The number of nitrogens with zero attached hydrogens (tertiary/aromatic N) is 3. The second-order valence-corrected chi connectivity index (χ2v) is 6.99. The highest BCUT2D eigenvalue weighted by Gasteiger charge is 2.35. The number of nitrogens with one attached hydrogen (secondary N) is 1. The highest BCUT2D eigenvalue weighted by Crippen LogP contribution is 2.26. The van der Waals surface area contributed by atoms with Gasteiger partial charge in [-0.15, -0.1) is 0 Å². The molecule has 122 valence electrons. The Bertz CT molecular complexity index is 497. The third-order valence-electron chi connectivity index (χ3n) is 3.70. The van der Waals surface area contributed by atoms with Crippen LogP contribution in [0.5, 0.6) is 0 Å². The van der Waals surface area contributed by atoms with Crippen molar-refractivity contribution < 1.29 is 9.53 Å². The summed E-state index contributed by atoms with van der Waals surface area (Å²) in [5.41, 5.74) is 0. The Morgan fingerprint density at radius 3 is 2.36 bits per heavy atom. The maximum Gasteiger partial charge on any atom is 0.410 e. The molecule has 1 aromatic heterocycles. The van der Waals surface area contributed by atoms with Crippen molar-refractivity contribution in [2.75, 3.05) is 5.32 Å². The van der Waals surface area contributed by atoms with Gasteiger partial charge in [0.2, 0.25) is 5.95 Å². The summed E-state index contributed by atoms with van der Waals surface area (Å²) in [5.74, 6) is 0.616. The molecule has 1 fully saturated rings. The van der Waals surface area contributed by atoms with Gasteiger partial charge in [0.25, 0.3) is 0 Å². The first kappa shape index (κ1) is 17.0. The summed E-state index contributed by atoms with van der Waals surface area (Å²) in [7, 11) is 0. The van der Waals surface area contributed by atoms with Crippen molar-refractivity contribution in [3.63, 3.8) is 0 Å². The monoisotopic (exact) mass is 370 g/mol. The number of amides is 1. The van der Waals surface area contributed by atoms with Crippen LogP contribution >= 0.6 is 15.9 Å². The van der Waals surface area contributed by atoms with E-state index < -0.39 is 0 Å². The Balaban J connectivity index is 1.97. The summed E-state index contributed by atoms with van der Waals surface area (Å²) in [5, 5.41) is 3.35. The molecule has 0 aliphatic carbocycles. The molecular weight excluding hydrogens is 348 g/mol. The highest BCUT2D eigenvalue weighted by molar-refractivity contribution is 9.10. The van der Waals surface area contributed by atoms with Crippen LogP contribution < -0.4 is 5.32 Å². The van der Waals surface area contributed by atoms with Gasteiger partial charge in [0.15, 0.2) is 0 Å². The van der Waals surface area contributed by atoms with E-state index >= 15 is 0 Å². The number of halogens is 1. The summed E-state index contributed by atoms with van der Waals surface area (Å²) in [6, 6.07) is 0.472. The molecule has 3 atom stereocenters. The predicted octanol–water partition coefficient (Wildman–Crippen LogP) is 3.44. The molecule has 1 amide bonds. The SMILES string of the molecule is CC(C)OC(=O)N1[C@H](C)C[C@@H](Nc2ncc(Br)cn2)C[C@@H]1C. The Labute approximate surface area is 139 Å². The number of ether oxygens (including phenoxy) is 1. The summed E-state index contributed by atoms with van der Waals surface area (Å²) in [6.07, 6.45) is 4.80. The van der Waals surface area contributed by atoms with Crippen molar-refractivity contribution in [3.05, 3.63) is 16.9 Å². The van der Waals surface area contributed by atoms with Crippen molar-refractivity contribution in [3.8, 4) is 0 Å². The van der Waals surface area contributed by atoms with Gasteiger partial charge >= 0.3 is 6.09 Å². The minimum absolute atomic E-state index is 0.0982. The van der Waals surface area contributed by atoms with Crippen molar-refractivity contribution in [2.24, 2.45) is 0 Å². The van der Waals surface area contributed by atoms with E-state index in [-0.39, 0.29) is 30.3 Å². The standard InChI is InChI=1S/C15H23BrN4O2/c1-9(2)22-15(21)20-10(3)5-13(6-11(20)4)19-14-17-7-12(16)8-18-14/h7-11,13H,5-6H2,1-4H3,(H,17,18,19)/t10-,11+,13-. The van der Waals surface area contributed by atoms with Gasteiger partial charge in [-0.2, -0.15) is 0 Å². The molecule has 1 aliphatic heterocycles. The lowest BCUT2D eigenvalue weighted by molar-refractivity contribution is 0.0357. The van der Waals surface area contributed by atoms with E-state index in [1.165, 1.54) is 0 Å². The number of rotatable bonds is 3. The number of piperidine rings is 1. The number of hydrogen-bond donors (Lipinski definition) is 1. The first-order chi connectivity index (χ1) is 10.4. The Kier molecular flexibility index (Phi) is 5.61. The summed E-state index contributed by atoms with van der Waals surface area (Å²) < 4.78 is 6.19. The Morgan fingerprint density at radius 2 is 1.86 bits per heavy atom. The molecule has 2 rings (SSSR count). The zero-order valence-electron chi connectivity index (χ0n) is 13.4. The normalized spacial score (nSPS) is 25.2. The molecule has 0 bridgehead atoms. The van der Waals surface area contributed by atoms with E-state index in [1.54, 1.807) is 12.4 Å². The molecule has 1 aliphatic rings. The van der Waals surface area contributed by atoms with E-state index in [4.69, 9.17) is 4.74 Å². The second-order valence-electron chi connectivity index (χ2n) is 6.08. The molecular formula is C15H23BrN4O2. The number of aromatic nitrogens is 2. The van der Waals surface area contributed by atoms with Crippen LogP contribution in [0.3, 0.4) is 0 Å². The first-order valence-electron chi connectivity index (χ1n) is 7.59. The van der Waals surface area contributed by atoms with Gasteiger partial charge in [-0.3, -0.25) is 0 Å². The second kappa shape index (κ2) is 7.26. The summed E-state index contributed by atoms with van der Waals surface area (Å²) in [6.45, 7) is 7.83. The molecule has 0 unspecified atom stereocenters. The molecule has 1 saturated heterocycles. The van der Waals surface area contributed by atoms with Gasteiger partial charge in [0, 0.05) is 30.5 Å². The largest absolute Gasteiger partial charge is 0.447 e. The van der Waals surface area contributed by atoms with Gasteiger partial charge in [-0.1, -0.05) is 0 Å². The lowest BCUT2D eigenvalue weighted by atomic mass is 9.93. The lowest BCUT2D eigenvalue weighted by Crippen LogP contribution is -2.53. The molecule has 0 aromatic carbocycles. The fraction of sp³-hybridized carbons (Fsp3) is 0.667. The van der Waals surface area contributed by atoms with Crippen LogP contribution in [0.25, 0.3) is 0 Å². The predicted molar refractivity (Wildman–Crippen MR) is 88.8 cm³/mol. The molecule has 6 nitrogen and oxygen atoms in total. The minimum Gasteiger partial charge on any atom is -0.447 e. The van der Waals surface area contributed by atoms with Gasteiger partial charge in [0.1, 0.15) is 0 Å². The maximum absolute atomic E-state index is 12.2. The number of carbonyl (C=O) groups is 1. The zero-order valence-corrected chi connectivity index (χ0v) is 15.0. The van der Waals surface area contributed by atoms with E-state index in [0.29, 0.717) is 5.95 Å². The molecule has 1 N–H and O–H groups in total. The van der Waals surface area contributed by atoms with E-state index in [9.17, 15) is 4.79 Å². The van der Waals surface area contributed by atoms with Crippen LogP contribution in [-0.2, 0) is 4.74 Å². The lowest BCUT2D eigenvalue weighted by Gasteiger charge is -2.42. The van der Waals surface area contributed by atoms with E-state index in [1.807, 2.05) is 32.6 Å². The van der Waals surface area contributed by atoms with Crippen LogP contribution in [0.4, 0.5) is 10.7 Å². The molecule has 0 saturated carbocycles. The van der Waals surface area contributed by atoms with Crippen LogP contribution in [0.15, 0.2) is 16.9 Å². The summed E-state index contributed by atoms with van der Waals surface area (Å²) in [4.78, 5) is 22.5. The fourth-order valence-corrected chi connectivity index (χ4v) is 3.10. The Hall–Kier alpha value is -1.37. The van der Waals surface area contributed by atoms with Crippen molar-refractivity contribution in [1.82, 2.24) is 14.9 Å². The van der Waals surface area contributed by atoms with Crippen LogP contribution in [0, 0.1) is 0 Å². The minimum atomic E-state index is -0.228. The van der Waals surface area contributed by atoms with Crippen molar-refractivity contribution in [1.29, 1.82) is 0 Å². The van der Waals surface area contributed by atoms with E-state index in [0.717, 1.165) is 17.3 Å². The average molecular weight is 371 g/mol. The number of anilines is 1. The maximum atomic E-state index is 12.2. The smallest absolute Gasteiger partial charge is 0.410 e. The topological polar surface area (TPSA) is 67.3 Å². The number of likely N-dealkylation sites (tertiary alicyclic amines) is 1. The zero-order chi connectivity index (χ0) is 16.3. The molecule has 0 spiro atoms. The Morgan fingerprint density at radius 1 is 1.32 bits per heavy atom. The molecule has 2 heterocycles. The van der Waals surface area contributed by atoms with E-state index in [2.05, 4.69) is 31.2 Å². The van der Waals surface area contributed by atoms with Crippen molar-refractivity contribution in [2.45, 2.75) is 64.8 Å². The quantitative estimate of drug-likeness (QED) is 0.882. The molecule has 22 heavy (non-hydrogen) atoms. The van der Waals surface area contributed by atoms with Gasteiger partial charge in [-0.25, -0.2) is 14.8 Å². The number of hydrogen-bond acceptors (Lipinski definition) is 5. The van der Waals surface area contributed by atoms with Crippen LogP contribution in [-0.4, -0.2) is 45.2 Å². The number of carbonyl (C=O) groups excluding carboxylic acids is 1. The third-order valence-corrected chi connectivity index (χ3v) is 4.11.